The molecule has 1 unspecified atom stereocenters. The molecule has 2 aromatic carbocycles. The second kappa shape index (κ2) is 14.0. The van der Waals surface area contributed by atoms with Crippen molar-refractivity contribution < 1.29 is 23.5 Å². The van der Waals surface area contributed by atoms with Crippen LogP contribution in [0.25, 0.3) is 0 Å². The van der Waals surface area contributed by atoms with E-state index in [4.69, 9.17) is 9.47 Å². The van der Waals surface area contributed by atoms with Crippen molar-refractivity contribution in [2.24, 2.45) is 0 Å². The maximum absolute atomic E-state index is 13.0. The molecule has 0 saturated carbocycles. The van der Waals surface area contributed by atoms with Crippen LogP contribution in [0.2, 0.25) is 0 Å². The van der Waals surface area contributed by atoms with Crippen LogP contribution in [0, 0.1) is 5.82 Å². The summed E-state index contributed by atoms with van der Waals surface area (Å²) in [6, 6.07) is 10.5. The fourth-order valence-corrected chi connectivity index (χ4v) is 3.26. The molecule has 8 heteroatoms. The number of rotatable bonds is 13. The van der Waals surface area contributed by atoms with Crippen molar-refractivity contribution in [1.82, 2.24) is 16.0 Å². The van der Waals surface area contributed by atoms with Crippen LogP contribution in [0.1, 0.15) is 44.7 Å². The van der Waals surface area contributed by atoms with Gasteiger partial charge in [-0.1, -0.05) is 31.5 Å². The average molecular weight is 460 g/mol. The number of nitrogens with one attached hydrogen (secondary N) is 3. The fourth-order valence-electron chi connectivity index (χ4n) is 3.26. The van der Waals surface area contributed by atoms with Crippen LogP contribution >= 0.6 is 0 Å². The summed E-state index contributed by atoms with van der Waals surface area (Å²) in [5.74, 6) is 0.824. The predicted molar refractivity (Wildman–Crippen MR) is 126 cm³/mol. The lowest BCUT2D eigenvalue weighted by Gasteiger charge is -2.18. The number of hydrogen-bond donors (Lipinski definition) is 3. The molecule has 2 rings (SSSR count). The smallest absolute Gasteiger partial charge is 0.315 e. The van der Waals surface area contributed by atoms with Gasteiger partial charge in [0.2, 0.25) is 5.91 Å². The standard InChI is InChI=1S/C25H34FN3O4/c1-4-7-21(29-25(31)28-17-19-8-11-20(26)12-9-19)24(30)27-15-14-18-10-13-22(32-5-2)23(16-18)33-6-3/h8-13,16,21H,4-7,14-15,17H2,1-3H3,(H,27,30)(H2,28,29,31). The van der Waals surface area contributed by atoms with Gasteiger partial charge in [0.05, 0.1) is 13.2 Å². The number of halogens is 1. The van der Waals surface area contributed by atoms with Crippen molar-refractivity contribution in [3.8, 4) is 11.5 Å². The van der Waals surface area contributed by atoms with Gasteiger partial charge in [-0.2, -0.15) is 0 Å². The van der Waals surface area contributed by atoms with Gasteiger partial charge in [-0.15, -0.1) is 0 Å². The maximum atomic E-state index is 13.0. The lowest BCUT2D eigenvalue weighted by atomic mass is 10.1. The first-order valence-electron chi connectivity index (χ1n) is 11.4. The molecule has 0 fully saturated rings. The molecular formula is C25H34FN3O4. The maximum Gasteiger partial charge on any atom is 0.315 e. The minimum absolute atomic E-state index is 0.232. The normalized spacial score (nSPS) is 11.4. The first-order valence-corrected chi connectivity index (χ1v) is 11.4. The van der Waals surface area contributed by atoms with Gasteiger partial charge < -0.3 is 25.4 Å². The third-order valence-corrected chi connectivity index (χ3v) is 4.89. The largest absolute Gasteiger partial charge is 0.490 e. The zero-order chi connectivity index (χ0) is 24.1. The van der Waals surface area contributed by atoms with E-state index in [0.29, 0.717) is 44.1 Å². The highest BCUT2D eigenvalue weighted by Gasteiger charge is 2.19. The lowest BCUT2D eigenvalue weighted by Crippen LogP contribution is -2.50. The van der Waals surface area contributed by atoms with Crippen LogP contribution in [-0.4, -0.2) is 37.7 Å². The number of benzene rings is 2. The van der Waals surface area contributed by atoms with Gasteiger partial charge in [-0.05, 0) is 62.1 Å². The summed E-state index contributed by atoms with van der Waals surface area (Å²) in [5, 5.41) is 8.32. The van der Waals surface area contributed by atoms with Crippen molar-refractivity contribution in [3.05, 3.63) is 59.4 Å². The minimum Gasteiger partial charge on any atom is -0.490 e. The molecule has 180 valence electrons. The number of hydrogen-bond acceptors (Lipinski definition) is 4. The summed E-state index contributed by atoms with van der Waals surface area (Å²) < 4.78 is 24.2. The van der Waals surface area contributed by atoms with Gasteiger partial charge in [-0.25, -0.2) is 9.18 Å². The monoisotopic (exact) mass is 459 g/mol. The number of amides is 3. The second-order valence-corrected chi connectivity index (χ2v) is 7.48. The van der Waals surface area contributed by atoms with E-state index in [1.54, 1.807) is 12.1 Å². The third-order valence-electron chi connectivity index (χ3n) is 4.89. The van der Waals surface area contributed by atoms with E-state index in [0.717, 1.165) is 17.5 Å². The van der Waals surface area contributed by atoms with Crippen molar-refractivity contribution in [3.63, 3.8) is 0 Å². The minimum atomic E-state index is -0.637. The molecule has 0 saturated heterocycles. The molecule has 0 heterocycles. The van der Waals surface area contributed by atoms with Crippen molar-refractivity contribution in [1.29, 1.82) is 0 Å². The van der Waals surface area contributed by atoms with E-state index in [2.05, 4.69) is 16.0 Å². The van der Waals surface area contributed by atoms with Crippen molar-refractivity contribution in [2.45, 2.75) is 52.6 Å². The highest BCUT2D eigenvalue weighted by atomic mass is 19.1. The molecule has 3 amide bonds. The zero-order valence-corrected chi connectivity index (χ0v) is 19.6. The van der Waals surface area contributed by atoms with E-state index < -0.39 is 12.1 Å². The number of carbonyl (C=O) groups excluding carboxylic acids is 2. The van der Waals surface area contributed by atoms with Crippen LogP contribution in [0.15, 0.2) is 42.5 Å². The Bertz CT molecular complexity index is 890. The van der Waals surface area contributed by atoms with Crippen LogP contribution < -0.4 is 25.4 Å². The Morgan fingerprint density at radius 1 is 0.909 bits per heavy atom. The Balaban J connectivity index is 1.84. The van der Waals surface area contributed by atoms with Crippen LogP contribution in [-0.2, 0) is 17.8 Å². The van der Waals surface area contributed by atoms with E-state index >= 15 is 0 Å². The summed E-state index contributed by atoms with van der Waals surface area (Å²) >= 11 is 0. The molecule has 0 aromatic heterocycles. The highest BCUT2D eigenvalue weighted by Crippen LogP contribution is 2.28. The molecule has 0 bridgehead atoms. The molecule has 0 aliphatic carbocycles. The Kier molecular flexibility index (Phi) is 11.0. The number of ether oxygens (including phenoxy) is 2. The molecule has 7 nitrogen and oxygen atoms in total. The summed E-state index contributed by atoms with van der Waals surface area (Å²) in [6.45, 7) is 7.55. The van der Waals surface area contributed by atoms with E-state index in [1.807, 2.05) is 39.0 Å². The third kappa shape index (κ3) is 9.00. The molecule has 0 aliphatic rings. The summed E-state index contributed by atoms with van der Waals surface area (Å²) in [5.41, 5.74) is 1.78. The Hall–Kier alpha value is -3.29. The first kappa shape index (κ1) is 26.0. The quantitative estimate of drug-likeness (QED) is 0.423. The molecule has 33 heavy (non-hydrogen) atoms. The second-order valence-electron chi connectivity index (χ2n) is 7.48. The van der Waals surface area contributed by atoms with Gasteiger partial charge >= 0.3 is 6.03 Å². The zero-order valence-electron chi connectivity index (χ0n) is 19.6. The van der Waals surface area contributed by atoms with Crippen LogP contribution in [0.3, 0.4) is 0 Å². The molecular weight excluding hydrogens is 425 g/mol. The van der Waals surface area contributed by atoms with E-state index in [9.17, 15) is 14.0 Å². The Morgan fingerprint density at radius 3 is 2.24 bits per heavy atom. The van der Waals surface area contributed by atoms with Crippen molar-refractivity contribution in [2.75, 3.05) is 19.8 Å². The van der Waals surface area contributed by atoms with E-state index in [1.165, 1.54) is 12.1 Å². The Morgan fingerprint density at radius 2 is 1.58 bits per heavy atom. The number of carbonyl (C=O) groups is 2. The highest BCUT2D eigenvalue weighted by molar-refractivity contribution is 5.87. The number of urea groups is 1. The van der Waals surface area contributed by atoms with Gasteiger partial charge in [0.25, 0.3) is 0 Å². The van der Waals surface area contributed by atoms with Gasteiger partial charge in [0.15, 0.2) is 11.5 Å². The summed E-state index contributed by atoms with van der Waals surface area (Å²) in [4.78, 5) is 24.9. The molecule has 2 aromatic rings. The lowest BCUT2D eigenvalue weighted by molar-refractivity contribution is -0.123. The first-order chi connectivity index (χ1) is 16.0. The molecule has 1 atom stereocenters. The summed E-state index contributed by atoms with van der Waals surface area (Å²) in [7, 11) is 0. The summed E-state index contributed by atoms with van der Waals surface area (Å²) in [6.07, 6.45) is 1.88. The van der Waals surface area contributed by atoms with Crippen LogP contribution in [0.4, 0.5) is 9.18 Å². The van der Waals surface area contributed by atoms with Crippen molar-refractivity contribution >= 4 is 11.9 Å². The van der Waals surface area contributed by atoms with Crippen LogP contribution in [0.5, 0.6) is 11.5 Å². The molecule has 0 aliphatic heterocycles. The topological polar surface area (TPSA) is 88.7 Å². The SMILES string of the molecule is CCCC(NC(=O)NCc1ccc(F)cc1)C(=O)NCCc1ccc(OCC)c(OCC)c1. The predicted octanol–water partition coefficient (Wildman–Crippen LogP) is 3.95. The molecule has 3 N–H and O–H groups in total. The molecule has 0 spiro atoms. The van der Waals surface area contributed by atoms with Gasteiger partial charge in [-0.3, -0.25) is 4.79 Å². The van der Waals surface area contributed by atoms with Gasteiger partial charge in [0, 0.05) is 13.1 Å². The van der Waals surface area contributed by atoms with Gasteiger partial charge in [0.1, 0.15) is 11.9 Å². The Labute approximate surface area is 195 Å². The average Bonchev–Trinajstić information content (AvgIpc) is 2.80. The van der Waals surface area contributed by atoms with E-state index in [-0.39, 0.29) is 18.3 Å². The molecule has 0 radical (unpaired) electrons. The fraction of sp³-hybridized carbons (Fsp3) is 0.440.